The lowest BCUT2D eigenvalue weighted by atomic mass is 9.86. The average Bonchev–Trinajstić information content (AvgIpc) is 2.49. The number of hydrogen-bond acceptors (Lipinski definition) is 2. The summed E-state index contributed by atoms with van der Waals surface area (Å²) in [4.78, 5) is 4.23. The van der Waals surface area contributed by atoms with Crippen molar-refractivity contribution in [2.45, 2.75) is 70.5 Å². The third-order valence-electron chi connectivity index (χ3n) is 4.29. The third-order valence-corrected chi connectivity index (χ3v) is 6.23. The molecule has 0 aromatic heterocycles. The zero-order chi connectivity index (χ0) is 16.4. The minimum atomic E-state index is -0.812. The number of hydrogen-bond donors (Lipinski definition) is 2. The maximum Gasteiger partial charge on any atom is 0.191 e. The predicted molar refractivity (Wildman–Crippen MR) is 97.9 cm³/mol. The Balaban J connectivity index is 2.10. The second-order valence-electron chi connectivity index (χ2n) is 7.23. The first-order valence-electron chi connectivity index (χ1n) is 8.76. The molecule has 130 valence electrons. The van der Waals surface area contributed by atoms with Crippen LogP contribution >= 0.6 is 0 Å². The van der Waals surface area contributed by atoms with Gasteiger partial charge in [0, 0.05) is 41.4 Å². The smallest absolute Gasteiger partial charge is 0.191 e. The van der Waals surface area contributed by atoms with Crippen LogP contribution in [0.5, 0.6) is 0 Å². The van der Waals surface area contributed by atoms with Gasteiger partial charge in [-0.25, -0.2) is 0 Å². The molecule has 1 atom stereocenters. The van der Waals surface area contributed by atoms with Gasteiger partial charge in [-0.3, -0.25) is 9.20 Å². The van der Waals surface area contributed by atoms with E-state index in [1.165, 1.54) is 44.9 Å². The van der Waals surface area contributed by atoms with Crippen molar-refractivity contribution in [3.63, 3.8) is 0 Å². The third kappa shape index (κ3) is 8.16. The molecule has 1 rings (SSSR count). The normalized spacial score (nSPS) is 19.0. The molecule has 0 aromatic carbocycles. The highest BCUT2D eigenvalue weighted by Gasteiger charge is 2.18. The van der Waals surface area contributed by atoms with Crippen LogP contribution in [0.1, 0.15) is 65.7 Å². The molecule has 0 bridgehead atoms. The Bertz CT molecular complexity index is 357. The van der Waals surface area contributed by atoms with Gasteiger partial charge in [-0.15, -0.1) is 0 Å². The Labute approximate surface area is 139 Å². The SMILES string of the molecule is CN=C(NCCCC1CCCCC1)NCCS(=O)C(C)(C)C. The van der Waals surface area contributed by atoms with Crippen LogP contribution in [0.2, 0.25) is 0 Å². The van der Waals surface area contributed by atoms with E-state index in [9.17, 15) is 4.21 Å². The van der Waals surface area contributed by atoms with Gasteiger partial charge in [-0.05, 0) is 39.5 Å². The van der Waals surface area contributed by atoms with Crippen LogP contribution in [0, 0.1) is 5.92 Å². The van der Waals surface area contributed by atoms with E-state index in [0.29, 0.717) is 12.3 Å². The van der Waals surface area contributed by atoms with E-state index in [-0.39, 0.29) is 4.75 Å². The molecule has 0 spiro atoms. The minimum absolute atomic E-state index is 0.140. The monoisotopic (exact) mass is 329 g/mol. The molecule has 4 nitrogen and oxygen atoms in total. The lowest BCUT2D eigenvalue weighted by Gasteiger charge is -2.21. The van der Waals surface area contributed by atoms with Gasteiger partial charge in [-0.2, -0.15) is 0 Å². The van der Waals surface area contributed by atoms with Gasteiger partial charge < -0.3 is 10.6 Å². The summed E-state index contributed by atoms with van der Waals surface area (Å²) in [6.45, 7) is 7.72. The molecule has 1 unspecified atom stereocenters. The number of aliphatic imine (C=N–C) groups is 1. The largest absolute Gasteiger partial charge is 0.356 e. The molecule has 1 saturated carbocycles. The molecular formula is C17H35N3OS. The number of guanidine groups is 1. The van der Waals surface area contributed by atoms with Crippen LogP contribution in [0.3, 0.4) is 0 Å². The first-order valence-corrected chi connectivity index (χ1v) is 10.1. The van der Waals surface area contributed by atoms with Crippen molar-refractivity contribution in [2.24, 2.45) is 10.9 Å². The molecule has 22 heavy (non-hydrogen) atoms. The van der Waals surface area contributed by atoms with Gasteiger partial charge in [0.05, 0.1) is 0 Å². The highest BCUT2D eigenvalue weighted by Crippen LogP contribution is 2.26. The van der Waals surface area contributed by atoms with E-state index in [1.807, 2.05) is 20.8 Å². The quantitative estimate of drug-likeness (QED) is 0.429. The fourth-order valence-corrected chi connectivity index (χ4v) is 3.76. The first kappa shape index (κ1) is 19.5. The lowest BCUT2D eigenvalue weighted by Crippen LogP contribution is -2.40. The van der Waals surface area contributed by atoms with Crippen LogP contribution < -0.4 is 10.6 Å². The molecule has 2 N–H and O–H groups in total. The molecular weight excluding hydrogens is 294 g/mol. The van der Waals surface area contributed by atoms with E-state index in [0.717, 1.165) is 18.4 Å². The van der Waals surface area contributed by atoms with Crippen LogP contribution in [0.4, 0.5) is 0 Å². The summed E-state index contributed by atoms with van der Waals surface area (Å²) in [6, 6.07) is 0. The van der Waals surface area contributed by atoms with Crippen LogP contribution in [-0.4, -0.2) is 40.8 Å². The Morgan fingerprint density at radius 3 is 2.36 bits per heavy atom. The molecule has 0 heterocycles. The first-order chi connectivity index (χ1) is 10.4. The molecule has 1 aliphatic carbocycles. The summed E-state index contributed by atoms with van der Waals surface area (Å²) in [7, 11) is 0.977. The van der Waals surface area contributed by atoms with E-state index < -0.39 is 10.8 Å². The Morgan fingerprint density at radius 2 is 1.77 bits per heavy atom. The van der Waals surface area contributed by atoms with Crippen molar-refractivity contribution in [3.05, 3.63) is 0 Å². The Morgan fingerprint density at radius 1 is 1.14 bits per heavy atom. The van der Waals surface area contributed by atoms with Gasteiger partial charge in [-0.1, -0.05) is 32.1 Å². The van der Waals surface area contributed by atoms with E-state index >= 15 is 0 Å². The van der Waals surface area contributed by atoms with Gasteiger partial charge in [0.2, 0.25) is 0 Å². The zero-order valence-corrected chi connectivity index (χ0v) is 15.7. The van der Waals surface area contributed by atoms with Gasteiger partial charge in [0.1, 0.15) is 0 Å². The van der Waals surface area contributed by atoms with Crippen LogP contribution in [0.25, 0.3) is 0 Å². The molecule has 0 radical (unpaired) electrons. The fraction of sp³-hybridized carbons (Fsp3) is 0.941. The van der Waals surface area contributed by atoms with Crippen molar-refractivity contribution in [1.29, 1.82) is 0 Å². The highest BCUT2D eigenvalue weighted by molar-refractivity contribution is 7.86. The zero-order valence-electron chi connectivity index (χ0n) is 14.9. The van der Waals surface area contributed by atoms with Crippen LogP contribution in [-0.2, 0) is 10.8 Å². The van der Waals surface area contributed by atoms with E-state index in [1.54, 1.807) is 7.05 Å². The molecule has 0 aromatic rings. The average molecular weight is 330 g/mol. The van der Waals surface area contributed by atoms with E-state index in [2.05, 4.69) is 15.6 Å². The summed E-state index contributed by atoms with van der Waals surface area (Å²) >= 11 is 0. The maximum atomic E-state index is 12.0. The summed E-state index contributed by atoms with van der Waals surface area (Å²) in [6.07, 6.45) is 9.66. The second-order valence-corrected chi connectivity index (χ2v) is 9.56. The summed E-state index contributed by atoms with van der Waals surface area (Å²) in [5.74, 6) is 2.43. The molecule has 1 fully saturated rings. The van der Waals surface area contributed by atoms with Gasteiger partial charge in [0.25, 0.3) is 0 Å². The Kier molecular flexibility index (Phi) is 9.06. The molecule has 0 amide bonds. The highest BCUT2D eigenvalue weighted by atomic mass is 32.2. The van der Waals surface area contributed by atoms with Crippen molar-refractivity contribution in [1.82, 2.24) is 10.6 Å². The van der Waals surface area contributed by atoms with Crippen molar-refractivity contribution >= 4 is 16.8 Å². The topological polar surface area (TPSA) is 53.5 Å². The number of nitrogens with zero attached hydrogens (tertiary/aromatic N) is 1. The lowest BCUT2D eigenvalue weighted by molar-refractivity contribution is 0.332. The second kappa shape index (κ2) is 10.2. The molecule has 0 aliphatic heterocycles. The van der Waals surface area contributed by atoms with Crippen molar-refractivity contribution in [2.75, 3.05) is 25.9 Å². The molecule has 5 heteroatoms. The predicted octanol–water partition coefficient (Wildman–Crippen LogP) is 3.06. The number of rotatable bonds is 7. The van der Waals surface area contributed by atoms with E-state index in [4.69, 9.17) is 0 Å². The summed E-state index contributed by atoms with van der Waals surface area (Å²) < 4.78 is 11.8. The van der Waals surface area contributed by atoms with Gasteiger partial charge in [0.15, 0.2) is 5.96 Å². The minimum Gasteiger partial charge on any atom is -0.356 e. The standard InChI is InChI=1S/C17H35N3OS/c1-17(2,3)22(21)14-13-20-16(18-4)19-12-8-11-15-9-6-5-7-10-15/h15H,5-14H2,1-4H3,(H2,18,19,20). The maximum absolute atomic E-state index is 12.0. The molecule has 1 aliphatic rings. The summed E-state index contributed by atoms with van der Waals surface area (Å²) in [5.41, 5.74) is 0. The van der Waals surface area contributed by atoms with Crippen molar-refractivity contribution < 1.29 is 4.21 Å². The fourth-order valence-electron chi connectivity index (χ4n) is 2.86. The summed E-state index contributed by atoms with van der Waals surface area (Å²) in [5, 5.41) is 6.62. The van der Waals surface area contributed by atoms with Crippen LogP contribution in [0.15, 0.2) is 4.99 Å². The molecule has 0 saturated heterocycles. The van der Waals surface area contributed by atoms with Crippen molar-refractivity contribution in [3.8, 4) is 0 Å². The van der Waals surface area contributed by atoms with Gasteiger partial charge >= 0.3 is 0 Å². The number of nitrogens with one attached hydrogen (secondary N) is 2. The Hall–Kier alpha value is -0.580.